The molecule has 1 aromatic heterocycles. The molecule has 1 aromatic carbocycles. The zero-order chi connectivity index (χ0) is 14.5. The maximum absolute atomic E-state index is 4.45. The number of aromatic nitrogens is 2. The van der Waals surface area contributed by atoms with E-state index in [1.54, 1.807) is 0 Å². The molecular weight excluding hydrogens is 246 g/mol. The minimum Gasteiger partial charge on any atom is -0.333 e. The highest BCUT2D eigenvalue weighted by atomic mass is 15.1. The van der Waals surface area contributed by atoms with Gasteiger partial charge >= 0.3 is 0 Å². The molecule has 1 atom stereocenters. The molecule has 3 heteroatoms. The molecule has 0 saturated heterocycles. The third-order valence-corrected chi connectivity index (χ3v) is 3.94. The summed E-state index contributed by atoms with van der Waals surface area (Å²) in [4.78, 5) is 4.45. The molecular formula is C17H25N3. The lowest BCUT2D eigenvalue weighted by atomic mass is 10.0. The van der Waals surface area contributed by atoms with Gasteiger partial charge in [0.2, 0.25) is 0 Å². The van der Waals surface area contributed by atoms with E-state index in [1.807, 2.05) is 13.2 Å². The van der Waals surface area contributed by atoms with Crippen molar-refractivity contribution in [3.05, 3.63) is 53.1 Å². The number of rotatable bonds is 6. The van der Waals surface area contributed by atoms with E-state index in [2.05, 4.69) is 60.0 Å². The van der Waals surface area contributed by atoms with Gasteiger partial charge in [0.05, 0.1) is 0 Å². The SMILES string of the molecule is CCCc1nccn1CC(NC)c1ccc(C)c(C)c1. The van der Waals surface area contributed by atoms with Crippen molar-refractivity contribution < 1.29 is 0 Å². The van der Waals surface area contributed by atoms with Gasteiger partial charge in [-0.1, -0.05) is 25.1 Å². The zero-order valence-corrected chi connectivity index (χ0v) is 13.0. The summed E-state index contributed by atoms with van der Waals surface area (Å²) >= 11 is 0. The van der Waals surface area contributed by atoms with Crippen LogP contribution in [0.3, 0.4) is 0 Å². The Kier molecular flexibility index (Phi) is 4.96. The van der Waals surface area contributed by atoms with E-state index in [-0.39, 0.29) is 0 Å². The Morgan fingerprint density at radius 2 is 2.05 bits per heavy atom. The molecule has 0 aliphatic rings. The van der Waals surface area contributed by atoms with Crippen LogP contribution < -0.4 is 5.32 Å². The largest absolute Gasteiger partial charge is 0.333 e. The summed E-state index contributed by atoms with van der Waals surface area (Å²) in [5, 5.41) is 3.42. The van der Waals surface area contributed by atoms with E-state index in [1.165, 1.54) is 22.5 Å². The van der Waals surface area contributed by atoms with Crippen molar-refractivity contribution in [3.8, 4) is 0 Å². The Balaban J connectivity index is 2.19. The molecule has 1 heterocycles. The molecule has 2 aromatic rings. The molecule has 1 N–H and O–H groups in total. The fourth-order valence-corrected chi connectivity index (χ4v) is 2.50. The second-order valence-corrected chi connectivity index (χ2v) is 5.43. The van der Waals surface area contributed by atoms with E-state index >= 15 is 0 Å². The van der Waals surface area contributed by atoms with Crippen molar-refractivity contribution in [1.82, 2.24) is 14.9 Å². The highest BCUT2D eigenvalue weighted by Crippen LogP contribution is 2.19. The number of likely N-dealkylation sites (N-methyl/N-ethyl adjacent to an activating group) is 1. The van der Waals surface area contributed by atoms with Crippen molar-refractivity contribution in [3.63, 3.8) is 0 Å². The molecule has 0 saturated carbocycles. The van der Waals surface area contributed by atoms with Gasteiger partial charge in [-0.25, -0.2) is 4.98 Å². The number of aryl methyl sites for hydroxylation is 3. The molecule has 20 heavy (non-hydrogen) atoms. The summed E-state index contributed by atoms with van der Waals surface area (Å²) in [6, 6.07) is 7.03. The van der Waals surface area contributed by atoms with Crippen molar-refractivity contribution in [2.75, 3.05) is 7.05 Å². The Bertz CT molecular complexity index is 557. The van der Waals surface area contributed by atoms with Gasteiger partial charge in [-0.2, -0.15) is 0 Å². The van der Waals surface area contributed by atoms with E-state index < -0.39 is 0 Å². The van der Waals surface area contributed by atoms with Crippen LogP contribution in [0.15, 0.2) is 30.6 Å². The summed E-state index contributed by atoms with van der Waals surface area (Å²) in [5.41, 5.74) is 4.03. The van der Waals surface area contributed by atoms with Gasteiger partial charge in [0.25, 0.3) is 0 Å². The Labute approximate surface area is 122 Å². The second-order valence-electron chi connectivity index (χ2n) is 5.43. The minimum atomic E-state index is 0.319. The standard InChI is InChI=1S/C17H25N3/c1-5-6-17-19-9-10-20(17)12-16(18-4)15-8-7-13(2)14(3)11-15/h7-11,16,18H,5-6,12H2,1-4H3. The molecule has 0 fully saturated rings. The molecule has 0 bridgehead atoms. The molecule has 1 unspecified atom stereocenters. The number of nitrogens with zero attached hydrogens (tertiary/aromatic N) is 2. The molecule has 3 nitrogen and oxygen atoms in total. The number of benzene rings is 1. The maximum Gasteiger partial charge on any atom is 0.108 e. The quantitative estimate of drug-likeness (QED) is 0.872. The maximum atomic E-state index is 4.45. The third-order valence-electron chi connectivity index (χ3n) is 3.94. The predicted molar refractivity (Wildman–Crippen MR) is 83.9 cm³/mol. The van der Waals surface area contributed by atoms with Crippen molar-refractivity contribution in [1.29, 1.82) is 0 Å². The van der Waals surface area contributed by atoms with E-state index in [9.17, 15) is 0 Å². The molecule has 0 radical (unpaired) electrons. The van der Waals surface area contributed by atoms with Gasteiger partial charge in [0.1, 0.15) is 5.82 Å². The first-order valence-electron chi connectivity index (χ1n) is 7.40. The number of hydrogen-bond acceptors (Lipinski definition) is 2. The Morgan fingerprint density at radius 1 is 1.25 bits per heavy atom. The first kappa shape index (κ1) is 14.8. The van der Waals surface area contributed by atoms with Gasteiger partial charge in [0.15, 0.2) is 0 Å². The van der Waals surface area contributed by atoms with Crippen LogP contribution in [0.5, 0.6) is 0 Å². The van der Waals surface area contributed by atoms with Crippen LogP contribution in [-0.4, -0.2) is 16.6 Å². The predicted octanol–water partition coefficient (Wildman–Crippen LogP) is 3.41. The number of hydrogen-bond donors (Lipinski definition) is 1. The van der Waals surface area contributed by atoms with E-state index in [0.717, 1.165) is 19.4 Å². The summed E-state index contributed by atoms with van der Waals surface area (Å²) in [5.74, 6) is 1.18. The third kappa shape index (κ3) is 3.28. The van der Waals surface area contributed by atoms with Gasteiger partial charge in [-0.15, -0.1) is 0 Å². The van der Waals surface area contributed by atoms with Crippen LogP contribution in [0.1, 0.15) is 41.9 Å². The van der Waals surface area contributed by atoms with Crippen LogP contribution in [0, 0.1) is 13.8 Å². The average Bonchev–Trinajstić information content (AvgIpc) is 2.87. The highest BCUT2D eigenvalue weighted by molar-refractivity contribution is 5.31. The fraction of sp³-hybridized carbons (Fsp3) is 0.471. The molecule has 0 aliphatic heterocycles. The van der Waals surface area contributed by atoms with Gasteiger partial charge in [-0.05, 0) is 44.0 Å². The molecule has 0 aliphatic carbocycles. The topological polar surface area (TPSA) is 29.9 Å². The molecule has 108 valence electrons. The summed E-state index contributed by atoms with van der Waals surface area (Å²) < 4.78 is 2.26. The normalized spacial score (nSPS) is 12.6. The lowest BCUT2D eigenvalue weighted by molar-refractivity contribution is 0.486. The Hall–Kier alpha value is -1.61. The Morgan fingerprint density at radius 3 is 2.70 bits per heavy atom. The van der Waals surface area contributed by atoms with Gasteiger partial charge < -0.3 is 9.88 Å². The van der Waals surface area contributed by atoms with Crippen molar-refractivity contribution in [2.24, 2.45) is 0 Å². The number of imidazole rings is 1. The first-order chi connectivity index (χ1) is 9.65. The summed E-state index contributed by atoms with van der Waals surface area (Å²) in [6.45, 7) is 7.44. The van der Waals surface area contributed by atoms with E-state index in [0.29, 0.717) is 6.04 Å². The zero-order valence-electron chi connectivity index (χ0n) is 13.0. The second kappa shape index (κ2) is 6.71. The van der Waals surface area contributed by atoms with Crippen LogP contribution >= 0.6 is 0 Å². The van der Waals surface area contributed by atoms with E-state index in [4.69, 9.17) is 0 Å². The van der Waals surface area contributed by atoms with Crippen molar-refractivity contribution in [2.45, 2.75) is 46.2 Å². The molecule has 0 amide bonds. The van der Waals surface area contributed by atoms with Gasteiger partial charge in [0, 0.05) is 31.4 Å². The highest BCUT2D eigenvalue weighted by Gasteiger charge is 2.12. The van der Waals surface area contributed by atoms with Crippen LogP contribution in [0.25, 0.3) is 0 Å². The first-order valence-corrected chi connectivity index (χ1v) is 7.40. The van der Waals surface area contributed by atoms with Gasteiger partial charge in [-0.3, -0.25) is 0 Å². The minimum absolute atomic E-state index is 0.319. The van der Waals surface area contributed by atoms with Crippen LogP contribution in [0.2, 0.25) is 0 Å². The summed E-state index contributed by atoms with van der Waals surface area (Å²) in [6.07, 6.45) is 6.15. The van der Waals surface area contributed by atoms with Crippen molar-refractivity contribution >= 4 is 0 Å². The van der Waals surface area contributed by atoms with Crippen LogP contribution in [0.4, 0.5) is 0 Å². The summed E-state index contributed by atoms with van der Waals surface area (Å²) in [7, 11) is 2.02. The monoisotopic (exact) mass is 271 g/mol. The average molecular weight is 271 g/mol. The fourth-order valence-electron chi connectivity index (χ4n) is 2.50. The lowest BCUT2D eigenvalue weighted by Gasteiger charge is -2.19. The smallest absolute Gasteiger partial charge is 0.108 e. The van der Waals surface area contributed by atoms with Crippen LogP contribution in [-0.2, 0) is 13.0 Å². The lowest BCUT2D eigenvalue weighted by Crippen LogP contribution is -2.23. The number of nitrogens with one attached hydrogen (secondary N) is 1. The molecule has 0 spiro atoms. The molecule has 2 rings (SSSR count).